The minimum atomic E-state index is 0.736. The van der Waals surface area contributed by atoms with Crippen LogP contribution in [0.3, 0.4) is 0 Å². The molecule has 1 heterocycles. The van der Waals surface area contributed by atoms with E-state index in [2.05, 4.69) is 59.8 Å². The Labute approximate surface area is 145 Å². The van der Waals surface area contributed by atoms with Crippen LogP contribution in [0.5, 0.6) is 0 Å². The summed E-state index contributed by atoms with van der Waals surface area (Å²) < 4.78 is 0. The molecule has 1 aromatic carbocycles. The van der Waals surface area contributed by atoms with E-state index in [-0.39, 0.29) is 0 Å². The van der Waals surface area contributed by atoms with E-state index in [1.807, 2.05) is 11.8 Å². The molecule has 5 heteroatoms. The first kappa shape index (κ1) is 18.1. The zero-order valence-corrected chi connectivity index (χ0v) is 15.2. The summed E-state index contributed by atoms with van der Waals surface area (Å²) in [5, 5.41) is 6.80. The van der Waals surface area contributed by atoms with E-state index in [0.29, 0.717) is 0 Å². The highest BCUT2D eigenvalue weighted by atomic mass is 32.2. The summed E-state index contributed by atoms with van der Waals surface area (Å²) in [6, 6.07) is 10.5. The van der Waals surface area contributed by atoms with E-state index in [0.717, 1.165) is 37.3 Å². The van der Waals surface area contributed by atoms with Crippen LogP contribution in [0.25, 0.3) is 0 Å². The zero-order valence-electron chi connectivity index (χ0n) is 14.4. The lowest BCUT2D eigenvalue weighted by atomic mass is 9.97. The maximum atomic E-state index is 4.77. The van der Waals surface area contributed by atoms with Gasteiger partial charge in [-0.25, -0.2) is 0 Å². The third-order valence-corrected chi connectivity index (χ3v) is 5.11. The van der Waals surface area contributed by atoms with E-state index in [1.165, 1.54) is 30.8 Å². The van der Waals surface area contributed by atoms with Gasteiger partial charge in [-0.05, 0) is 58.0 Å². The highest BCUT2D eigenvalue weighted by molar-refractivity contribution is 7.99. The van der Waals surface area contributed by atoms with Gasteiger partial charge in [0.05, 0.1) is 0 Å². The lowest BCUT2D eigenvalue weighted by Crippen LogP contribution is -2.39. The number of hydrogen-bond donors (Lipinski definition) is 2. The fraction of sp³-hybridized carbons (Fsp3) is 0.611. The molecule has 0 aliphatic carbocycles. The van der Waals surface area contributed by atoms with Gasteiger partial charge in [0.1, 0.15) is 0 Å². The summed E-state index contributed by atoms with van der Waals surface area (Å²) >= 11 is 1.88. The standard InChI is InChI=1S/C18H30N4S/c1-3-19-18(21-15-16-9-12-22(2)13-10-16)20-11-14-23-17-7-5-4-6-8-17/h4-8,16H,3,9-15H2,1-2H3,(H2,19,20,21). The van der Waals surface area contributed by atoms with Crippen molar-refractivity contribution in [2.24, 2.45) is 10.9 Å². The van der Waals surface area contributed by atoms with Crippen LogP contribution in [0.15, 0.2) is 40.2 Å². The zero-order chi connectivity index (χ0) is 16.3. The highest BCUT2D eigenvalue weighted by Crippen LogP contribution is 2.16. The predicted molar refractivity (Wildman–Crippen MR) is 101 cm³/mol. The summed E-state index contributed by atoms with van der Waals surface area (Å²) in [4.78, 5) is 8.50. The molecule has 0 amide bonds. The summed E-state index contributed by atoms with van der Waals surface area (Å²) in [7, 11) is 2.20. The monoisotopic (exact) mass is 334 g/mol. The van der Waals surface area contributed by atoms with Crippen LogP contribution < -0.4 is 10.6 Å². The van der Waals surface area contributed by atoms with Gasteiger partial charge in [-0.1, -0.05) is 18.2 Å². The van der Waals surface area contributed by atoms with Crippen molar-refractivity contribution in [3.8, 4) is 0 Å². The van der Waals surface area contributed by atoms with Crippen molar-refractivity contribution in [1.29, 1.82) is 0 Å². The molecule has 0 atom stereocenters. The summed E-state index contributed by atoms with van der Waals surface area (Å²) in [5.74, 6) is 2.74. The molecule has 2 rings (SSSR count). The van der Waals surface area contributed by atoms with Crippen molar-refractivity contribution in [3.63, 3.8) is 0 Å². The van der Waals surface area contributed by atoms with Crippen LogP contribution in [0, 0.1) is 5.92 Å². The predicted octanol–water partition coefficient (Wildman–Crippen LogP) is 2.68. The van der Waals surface area contributed by atoms with Crippen molar-refractivity contribution in [1.82, 2.24) is 15.5 Å². The molecule has 0 bridgehead atoms. The van der Waals surface area contributed by atoms with Crippen molar-refractivity contribution >= 4 is 17.7 Å². The molecular formula is C18H30N4S. The van der Waals surface area contributed by atoms with Crippen molar-refractivity contribution < 1.29 is 0 Å². The van der Waals surface area contributed by atoms with Gasteiger partial charge in [0.15, 0.2) is 5.96 Å². The molecule has 1 aromatic rings. The number of piperidine rings is 1. The van der Waals surface area contributed by atoms with Crippen LogP contribution in [0.4, 0.5) is 0 Å². The third kappa shape index (κ3) is 7.27. The van der Waals surface area contributed by atoms with E-state index in [1.54, 1.807) is 0 Å². The number of likely N-dealkylation sites (tertiary alicyclic amines) is 1. The molecule has 0 radical (unpaired) electrons. The van der Waals surface area contributed by atoms with Gasteiger partial charge in [-0.15, -0.1) is 11.8 Å². The first-order valence-electron chi connectivity index (χ1n) is 8.66. The Morgan fingerprint density at radius 2 is 1.96 bits per heavy atom. The molecule has 0 spiro atoms. The fourth-order valence-electron chi connectivity index (χ4n) is 2.66. The van der Waals surface area contributed by atoms with E-state index in [9.17, 15) is 0 Å². The molecule has 0 saturated carbocycles. The second-order valence-corrected chi connectivity index (χ2v) is 7.22. The smallest absolute Gasteiger partial charge is 0.191 e. The minimum absolute atomic E-state index is 0.736. The molecular weight excluding hydrogens is 304 g/mol. The number of aliphatic imine (C=N–C) groups is 1. The SMILES string of the molecule is CCNC(=NCC1CCN(C)CC1)NCCSc1ccccc1. The second kappa shape index (κ2) is 10.6. The van der Waals surface area contributed by atoms with Gasteiger partial charge in [0.25, 0.3) is 0 Å². The number of thioether (sulfide) groups is 1. The van der Waals surface area contributed by atoms with Gasteiger partial charge in [0, 0.05) is 30.3 Å². The van der Waals surface area contributed by atoms with Crippen LogP contribution >= 0.6 is 11.8 Å². The average molecular weight is 335 g/mol. The van der Waals surface area contributed by atoms with Gasteiger partial charge >= 0.3 is 0 Å². The van der Waals surface area contributed by atoms with Gasteiger partial charge in [0.2, 0.25) is 0 Å². The van der Waals surface area contributed by atoms with Crippen molar-refractivity contribution in [3.05, 3.63) is 30.3 Å². The number of benzene rings is 1. The van der Waals surface area contributed by atoms with Crippen LogP contribution in [0.1, 0.15) is 19.8 Å². The number of guanidine groups is 1. The van der Waals surface area contributed by atoms with Gasteiger partial charge in [-0.2, -0.15) is 0 Å². The normalized spacial score (nSPS) is 17.2. The molecule has 4 nitrogen and oxygen atoms in total. The lowest BCUT2D eigenvalue weighted by molar-refractivity contribution is 0.223. The Morgan fingerprint density at radius 1 is 1.22 bits per heavy atom. The molecule has 0 aromatic heterocycles. The number of rotatable bonds is 7. The Bertz CT molecular complexity index is 455. The van der Waals surface area contributed by atoms with E-state index < -0.39 is 0 Å². The van der Waals surface area contributed by atoms with Crippen LogP contribution in [-0.4, -0.2) is 56.4 Å². The summed E-state index contributed by atoms with van der Waals surface area (Å²) in [6.45, 7) is 7.31. The second-order valence-electron chi connectivity index (χ2n) is 6.05. The first-order chi connectivity index (χ1) is 11.3. The number of hydrogen-bond acceptors (Lipinski definition) is 3. The quantitative estimate of drug-likeness (QED) is 0.348. The lowest BCUT2D eigenvalue weighted by Gasteiger charge is -2.28. The highest BCUT2D eigenvalue weighted by Gasteiger charge is 2.16. The van der Waals surface area contributed by atoms with Gasteiger partial charge in [-0.3, -0.25) is 4.99 Å². The van der Waals surface area contributed by atoms with Crippen LogP contribution in [0.2, 0.25) is 0 Å². The maximum Gasteiger partial charge on any atom is 0.191 e. The molecule has 2 N–H and O–H groups in total. The molecule has 23 heavy (non-hydrogen) atoms. The molecule has 1 saturated heterocycles. The minimum Gasteiger partial charge on any atom is -0.357 e. The topological polar surface area (TPSA) is 39.7 Å². The Balaban J connectivity index is 1.69. The molecule has 1 fully saturated rings. The molecule has 1 aliphatic rings. The maximum absolute atomic E-state index is 4.77. The van der Waals surface area contributed by atoms with Gasteiger partial charge < -0.3 is 15.5 Å². The largest absolute Gasteiger partial charge is 0.357 e. The molecule has 1 aliphatic heterocycles. The molecule has 0 unspecified atom stereocenters. The van der Waals surface area contributed by atoms with Crippen molar-refractivity contribution in [2.75, 3.05) is 45.5 Å². The van der Waals surface area contributed by atoms with E-state index in [4.69, 9.17) is 4.99 Å². The van der Waals surface area contributed by atoms with Crippen molar-refractivity contribution in [2.45, 2.75) is 24.7 Å². The summed E-state index contributed by atoms with van der Waals surface area (Å²) in [6.07, 6.45) is 2.53. The average Bonchev–Trinajstić information content (AvgIpc) is 2.59. The molecule has 128 valence electrons. The van der Waals surface area contributed by atoms with Crippen LogP contribution in [-0.2, 0) is 0 Å². The Hall–Kier alpha value is -1.20. The summed E-state index contributed by atoms with van der Waals surface area (Å²) in [5.41, 5.74) is 0. The first-order valence-corrected chi connectivity index (χ1v) is 9.65. The Morgan fingerprint density at radius 3 is 2.65 bits per heavy atom. The number of nitrogens with zero attached hydrogens (tertiary/aromatic N) is 2. The Kier molecular flexibility index (Phi) is 8.32. The fourth-order valence-corrected chi connectivity index (χ4v) is 3.45. The third-order valence-electron chi connectivity index (χ3n) is 4.10. The van der Waals surface area contributed by atoms with E-state index >= 15 is 0 Å². The number of nitrogens with one attached hydrogen (secondary N) is 2.